The summed E-state index contributed by atoms with van der Waals surface area (Å²) in [5.41, 5.74) is -11.1. The summed E-state index contributed by atoms with van der Waals surface area (Å²) < 4.78 is 357. The Labute approximate surface area is 845 Å². The third kappa shape index (κ3) is 25.5. The summed E-state index contributed by atoms with van der Waals surface area (Å²) in [5.74, 6) is -9.88. The number of nitrogens with zero attached hydrogens (tertiary/aromatic N) is 7. The molecule has 8 aromatic heterocycles. The van der Waals surface area contributed by atoms with Crippen molar-refractivity contribution >= 4 is 200 Å². The van der Waals surface area contributed by atoms with Crippen LogP contribution in [0.1, 0.15) is 82.1 Å². The smallest absolute Gasteiger partial charge is 0.407 e. The topological polar surface area (TPSA) is 493 Å². The number of carbonyl (C=O) groups is 3. The molecule has 0 radical (unpaired) electrons. The Morgan fingerprint density at radius 1 is 0.429 bits per heavy atom. The van der Waals surface area contributed by atoms with Crippen molar-refractivity contribution in [3.05, 3.63) is 346 Å². The fourth-order valence-electron chi connectivity index (χ4n) is 13.2. The molecule has 8 aromatic carbocycles. The largest absolute Gasteiger partial charge is 0.417 e. The number of aliphatic hydroxyl groups excluding tert-OH is 1. The number of halogens is 22. The molecule has 0 saturated carbocycles. The second-order valence-corrected chi connectivity index (χ2v) is 38.9. The van der Waals surface area contributed by atoms with E-state index in [1.165, 1.54) is 31.5 Å². The zero-order valence-electron chi connectivity index (χ0n) is 72.8. The number of fused-ring (bicyclic) bond motifs is 4. The molecule has 776 valence electrons. The molecule has 0 aliphatic rings. The first kappa shape index (κ1) is 113. The molecule has 0 fully saturated rings. The van der Waals surface area contributed by atoms with E-state index in [2.05, 4.69) is 60.2 Å². The predicted molar refractivity (Wildman–Crippen MR) is 497 cm³/mol. The molecule has 1 unspecified atom stereocenters. The van der Waals surface area contributed by atoms with Gasteiger partial charge < -0.3 is 37.0 Å². The number of aldehydes is 1. The summed E-state index contributed by atoms with van der Waals surface area (Å²) in [6.07, 6.45) is -16.6. The lowest BCUT2D eigenvalue weighted by atomic mass is 10.0. The van der Waals surface area contributed by atoms with Gasteiger partial charge in [0, 0.05) is 46.1 Å². The minimum absolute atomic E-state index is 0. The number of ether oxygens (including phenoxy) is 3. The van der Waals surface area contributed by atoms with Crippen LogP contribution in [0.15, 0.2) is 256 Å². The summed E-state index contributed by atoms with van der Waals surface area (Å²) in [7, 11) is -15.2. The molecule has 0 spiro atoms. The van der Waals surface area contributed by atoms with Gasteiger partial charge in [0.1, 0.15) is 76.7 Å². The van der Waals surface area contributed by atoms with Crippen LogP contribution in [0.4, 0.5) is 93.0 Å². The zero-order valence-corrected chi connectivity index (χ0v) is 81.5. The van der Waals surface area contributed by atoms with E-state index in [0.717, 1.165) is 146 Å². The third-order valence-corrected chi connectivity index (χ3v) is 27.6. The number of aromatic nitrogens is 8. The Hall–Kier alpha value is -13.9. The maximum Gasteiger partial charge on any atom is 0.417 e. The van der Waals surface area contributed by atoms with Crippen molar-refractivity contribution in [2.24, 2.45) is 0 Å². The number of aromatic amines is 4. The number of pyridine rings is 4. The van der Waals surface area contributed by atoms with Gasteiger partial charge in [-0.2, -0.15) is 52.7 Å². The van der Waals surface area contributed by atoms with Gasteiger partial charge >= 0.3 is 47.7 Å². The van der Waals surface area contributed by atoms with Gasteiger partial charge in [-0.05, 0) is 162 Å². The number of ketones is 2. The van der Waals surface area contributed by atoms with Crippen molar-refractivity contribution < 1.29 is 155 Å². The minimum atomic E-state index is -4.84. The van der Waals surface area contributed by atoms with Crippen molar-refractivity contribution in [1.29, 1.82) is 0 Å². The Balaban J connectivity index is 0.000000180. The fourth-order valence-corrected chi connectivity index (χ4v) is 19.7. The van der Waals surface area contributed by atoms with Crippen molar-refractivity contribution in [1.82, 2.24) is 39.9 Å². The highest BCUT2D eigenvalue weighted by molar-refractivity contribution is 9.10. The van der Waals surface area contributed by atoms with Crippen LogP contribution in [-0.4, -0.2) is 138 Å². The molecular weight excluding hydrogens is 2260 g/mol. The van der Waals surface area contributed by atoms with Crippen molar-refractivity contribution in [2.75, 3.05) is 59.2 Å². The van der Waals surface area contributed by atoms with Gasteiger partial charge in [-0.3, -0.25) is 44.0 Å². The summed E-state index contributed by atoms with van der Waals surface area (Å²) in [4.78, 5) is 104. The lowest BCUT2D eigenvalue weighted by molar-refractivity contribution is -0.138. The van der Waals surface area contributed by atoms with Gasteiger partial charge in [0.2, 0.25) is 11.6 Å². The van der Waals surface area contributed by atoms with E-state index < -0.39 is 253 Å². The van der Waals surface area contributed by atoms with E-state index in [-0.39, 0.29) is 76.1 Å². The Morgan fingerprint density at radius 2 is 0.748 bits per heavy atom. The van der Waals surface area contributed by atoms with Gasteiger partial charge in [0.25, 0.3) is 40.1 Å². The monoisotopic (exact) mass is 2310 g/mol. The molecule has 0 bridgehead atoms. The van der Waals surface area contributed by atoms with Crippen LogP contribution in [0.25, 0.3) is 44.4 Å². The molecule has 61 heteroatoms. The normalized spacial score (nSPS) is 12.2. The number of oxazole rings is 4. The maximum absolute atomic E-state index is 14.8. The first-order chi connectivity index (χ1) is 68.3. The lowest BCUT2D eigenvalue weighted by Gasteiger charge is -2.27. The number of hydrogen-bond donors (Lipinski definition) is 6. The number of sulfonamides is 4. The minimum Gasteiger partial charge on any atom is -0.407 e. The summed E-state index contributed by atoms with van der Waals surface area (Å²) in [5, 5.41) is 10.9. The van der Waals surface area contributed by atoms with Crippen molar-refractivity contribution in [3.8, 4) is 0 Å². The van der Waals surface area contributed by atoms with Crippen LogP contribution in [0.3, 0.4) is 0 Å². The molecule has 8 heterocycles. The SMILES string of the molecule is COCN(c1cc(Cl)cnc1Br)S(=O)(=O)c1cccc(C(F)(F)F)c1.COCN(c1cc(Cl)cnc1C(=O)c1c(F)ccc2[nH]c(=O)oc12)S(=O)(=O)c1cccc(C(F)(F)F)c1.COCN(c1cc(Cl)cnc1C(O)c1c(F)ccc2[nH]c(=O)oc12)S(=O)(=O)c1cccc(C(F)(F)F)c1.Cl.O=C(c1ncc(Cl)cc1NS(=O)(=O)c1cccc(C(F)(F)F)c1)c1c(F)ccc2[nH]c(=O)oc12.O=Cc1c(F)ccc2[nH]c(=O)oc12. The van der Waals surface area contributed by atoms with Crippen LogP contribution in [0.5, 0.6) is 0 Å². The molecule has 0 saturated heterocycles. The number of methoxy groups -OCH3 is 3. The molecule has 16 aromatic rings. The molecule has 147 heavy (non-hydrogen) atoms. The van der Waals surface area contributed by atoms with E-state index in [9.17, 15) is 143 Å². The number of carbonyl (C=O) groups excluding carboxylic acids is 3. The highest BCUT2D eigenvalue weighted by Gasteiger charge is 2.41. The van der Waals surface area contributed by atoms with Gasteiger partial charge in [-0.1, -0.05) is 70.7 Å². The molecule has 35 nitrogen and oxygen atoms in total. The average molecular weight is 2310 g/mol. The number of nitrogens with one attached hydrogen (secondary N) is 5. The van der Waals surface area contributed by atoms with Gasteiger partial charge in [-0.15, -0.1) is 12.4 Å². The van der Waals surface area contributed by atoms with Crippen LogP contribution < -0.4 is 40.7 Å². The maximum atomic E-state index is 14.8. The number of rotatable bonds is 25. The van der Waals surface area contributed by atoms with Crippen LogP contribution in [-0.2, 0) is 79.0 Å². The number of aliphatic hydroxyl groups is 1. The molecule has 0 amide bonds. The van der Waals surface area contributed by atoms with E-state index in [1.54, 1.807) is 0 Å². The average Bonchev–Trinajstić information content (AvgIpc) is 1.75. The fraction of sp³-hybridized carbons (Fsp3) is 0.128. The molecular formula is C86H56BrCl5F16N12O23S4. The molecule has 16 rings (SSSR count). The van der Waals surface area contributed by atoms with E-state index in [0.29, 0.717) is 62.9 Å². The van der Waals surface area contributed by atoms with Gasteiger partial charge in [0.15, 0.2) is 28.6 Å². The second kappa shape index (κ2) is 45.2. The first-order valence-corrected chi connectivity index (χ1v) is 47.5. The highest BCUT2D eigenvalue weighted by Crippen LogP contribution is 2.43. The lowest BCUT2D eigenvalue weighted by Crippen LogP contribution is -2.34. The molecule has 0 aliphatic carbocycles. The molecule has 0 aliphatic heterocycles. The third-order valence-electron chi connectivity index (χ3n) is 19.6. The Kier molecular flexibility index (Phi) is 34.9. The molecule has 6 N–H and O–H groups in total. The zero-order chi connectivity index (χ0) is 107. The second-order valence-electron chi connectivity index (χ2n) is 29.1. The first-order valence-electron chi connectivity index (χ1n) is 39.4. The Bertz CT molecular complexity index is 8540. The van der Waals surface area contributed by atoms with Crippen molar-refractivity contribution in [2.45, 2.75) is 50.4 Å². The van der Waals surface area contributed by atoms with E-state index >= 15 is 0 Å². The highest BCUT2D eigenvalue weighted by atomic mass is 79.9. The van der Waals surface area contributed by atoms with Crippen LogP contribution in [0, 0.1) is 23.3 Å². The van der Waals surface area contributed by atoms with E-state index in [1.807, 2.05) is 4.72 Å². The van der Waals surface area contributed by atoms with Crippen LogP contribution >= 0.6 is 74.7 Å². The number of H-pyrrole nitrogens is 4. The van der Waals surface area contributed by atoms with Gasteiger partial charge in [0.05, 0.1) is 124 Å². The summed E-state index contributed by atoms with van der Waals surface area (Å²) in [6.45, 7) is -1.97. The van der Waals surface area contributed by atoms with E-state index in [4.69, 9.17) is 73.9 Å². The summed E-state index contributed by atoms with van der Waals surface area (Å²) in [6, 6.07) is 25.2. The number of alkyl halides is 12. The quantitative estimate of drug-likeness (QED) is 0.0102. The number of anilines is 4. The number of hydrogen-bond acceptors (Lipinski definition) is 27. The standard InChI is InChI=1S/C22H16ClF4N3O6S.C22H14ClF4N3O6S.C20H10ClF4N3O5S.C14H11BrClF3N2O3S.C8H4FNO3.ClH/c2*1-35-10-30(37(33,34)13-4-2-3-11(7-13)22(25,26)27)16-8-12(23)9-28-18(16)19(31)17-14(24)5-6-15-20(17)36-21(32)29-15;21-10-7-14(28-34(31,32)11-3-1-2-9(6-11)20(23,24)25)16(26-8-10)17(29)15-12(22)4-5-13-18(15)33-19(30)27-13;1-24-8-21(12-6-10(16)7-20-13(12)15)25(22,23)11-4-2-3-9(5-11)14(17,18)19;9-5-1-2-6-7(4(5)3-11)13-8(12)10-6;/h2-9,19,31H,10H2,1H3,(H,29,32);2-9H,10H2,1H3,(H,29,32);1-8,28H,(H,27,30);2-7H,8H2,1H3;1-3H,(H,10,12);1H. The van der Waals surface area contributed by atoms with Crippen molar-refractivity contribution in [3.63, 3.8) is 0 Å². The number of benzene rings is 8. The van der Waals surface area contributed by atoms with Gasteiger partial charge in [-0.25, -0.2) is 98.3 Å². The Morgan fingerprint density at radius 3 is 1.16 bits per heavy atom. The summed E-state index contributed by atoms with van der Waals surface area (Å²) >= 11 is 26.8. The predicted octanol–water partition coefficient (Wildman–Crippen LogP) is 18.7. The van der Waals surface area contributed by atoms with Crippen LogP contribution in [0.2, 0.25) is 20.1 Å². The molecule has 1 atom stereocenters.